The Kier molecular flexibility index (Phi) is 2.93. The second-order valence-corrected chi connectivity index (χ2v) is 3.93. The van der Waals surface area contributed by atoms with Crippen LogP contribution in [0.15, 0.2) is 29.1 Å². The summed E-state index contributed by atoms with van der Waals surface area (Å²) >= 11 is 0. The fourth-order valence-corrected chi connectivity index (χ4v) is 1.52. The molecule has 6 nitrogen and oxygen atoms in total. The lowest BCUT2D eigenvalue weighted by Gasteiger charge is -2.03. The summed E-state index contributed by atoms with van der Waals surface area (Å²) in [7, 11) is 0. The van der Waals surface area contributed by atoms with Gasteiger partial charge in [0, 0.05) is 29.0 Å². The Balaban J connectivity index is 2.49. The van der Waals surface area contributed by atoms with Crippen molar-refractivity contribution in [2.45, 2.75) is 13.8 Å². The molecule has 0 saturated heterocycles. The molecule has 1 aromatic heterocycles. The largest absolute Gasteiger partial charge is 0.306 e. The first-order valence-corrected chi connectivity index (χ1v) is 5.31. The minimum absolute atomic E-state index is 0.00457. The first-order chi connectivity index (χ1) is 8.49. The quantitative estimate of drug-likeness (QED) is 0.647. The first kappa shape index (κ1) is 12.0. The fourth-order valence-electron chi connectivity index (χ4n) is 1.52. The number of nitrogens with one attached hydrogen (secondary N) is 1. The maximum Gasteiger partial charge on any atom is 0.269 e. The smallest absolute Gasteiger partial charge is 0.269 e. The first-order valence-electron chi connectivity index (χ1n) is 5.31. The molecule has 0 radical (unpaired) electrons. The summed E-state index contributed by atoms with van der Waals surface area (Å²) in [5.74, 6) is 0.415. The summed E-state index contributed by atoms with van der Waals surface area (Å²) < 4.78 is 0. The predicted octanol–water partition coefficient (Wildman–Crippen LogP) is 1.96. The van der Waals surface area contributed by atoms with Crippen molar-refractivity contribution in [2.75, 3.05) is 0 Å². The third-order valence-corrected chi connectivity index (χ3v) is 2.75. The Hall–Kier alpha value is -2.50. The lowest BCUT2D eigenvalue weighted by atomic mass is 10.2. The highest BCUT2D eigenvalue weighted by molar-refractivity contribution is 5.57. The Morgan fingerprint density at radius 3 is 2.33 bits per heavy atom. The zero-order chi connectivity index (χ0) is 13.3. The van der Waals surface area contributed by atoms with Crippen LogP contribution in [-0.2, 0) is 0 Å². The van der Waals surface area contributed by atoms with Crippen molar-refractivity contribution in [3.8, 4) is 11.4 Å². The van der Waals surface area contributed by atoms with Crippen molar-refractivity contribution < 1.29 is 4.92 Å². The number of hydrogen-bond acceptors (Lipinski definition) is 4. The Labute approximate surface area is 102 Å². The van der Waals surface area contributed by atoms with E-state index in [9.17, 15) is 14.9 Å². The van der Waals surface area contributed by atoms with Gasteiger partial charge in [0.05, 0.1) is 4.92 Å². The van der Waals surface area contributed by atoms with E-state index in [0.717, 1.165) is 0 Å². The zero-order valence-corrected chi connectivity index (χ0v) is 9.93. The summed E-state index contributed by atoms with van der Waals surface area (Å²) in [5.41, 5.74) is 1.66. The van der Waals surface area contributed by atoms with Crippen LogP contribution in [0.3, 0.4) is 0 Å². The standard InChI is InChI=1S/C12H11N3O3/c1-7-8(2)13-11(14-12(7)16)9-3-5-10(6-4-9)15(17)18/h3-6H,1-2H3,(H,13,14,16). The molecule has 1 heterocycles. The van der Waals surface area contributed by atoms with Gasteiger partial charge in [-0.05, 0) is 26.0 Å². The van der Waals surface area contributed by atoms with Crippen LogP contribution in [0.25, 0.3) is 11.4 Å². The number of benzene rings is 1. The number of rotatable bonds is 2. The number of aromatic amines is 1. The second-order valence-electron chi connectivity index (χ2n) is 3.93. The second kappa shape index (κ2) is 4.40. The van der Waals surface area contributed by atoms with Gasteiger partial charge in [-0.15, -0.1) is 0 Å². The van der Waals surface area contributed by atoms with E-state index in [1.165, 1.54) is 12.1 Å². The van der Waals surface area contributed by atoms with Gasteiger partial charge in [0.15, 0.2) is 0 Å². The lowest BCUT2D eigenvalue weighted by Crippen LogP contribution is -2.14. The minimum atomic E-state index is -0.472. The van der Waals surface area contributed by atoms with Crippen molar-refractivity contribution in [2.24, 2.45) is 0 Å². The molecule has 0 bridgehead atoms. The molecule has 0 aliphatic rings. The van der Waals surface area contributed by atoms with Crippen LogP contribution in [-0.4, -0.2) is 14.9 Å². The number of nitrogens with zero attached hydrogens (tertiary/aromatic N) is 2. The Morgan fingerprint density at radius 2 is 1.83 bits per heavy atom. The molecule has 2 aromatic rings. The molecule has 0 saturated carbocycles. The summed E-state index contributed by atoms with van der Waals surface area (Å²) in [6, 6.07) is 5.88. The summed E-state index contributed by atoms with van der Waals surface area (Å²) in [6.45, 7) is 3.44. The highest BCUT2D eigenvalue weighted by atomic mass is 16.6. The fraction of sp³-hybridized carbons (Fsp3) is 0.167. The van der Waals surface area contributed by atoms with Gasteiger partial charge >= 0.3 is 0 Å². The normalized spacial score (nSPS) is 10.3. The number of hydrogen-bond donors (Lipinski definition) is 1. The summed E-state index contributed by atoms with van der Waals surface area (Å²) in [5, 5.41) is 10.5. The molecule has 0 fully saturated rings. The van der Waals surface area contributed by atoms with Crippen LogP contribution in [0.5, 0.6) is 0 Å². The van der Waals surface area contributed by atoms with Crippen molar-refractivity contribution in [3.05, 3.63) is 56.0 Å². The van der Waals surface area contributed by atoms with Crippen molar-refractivity contribution in [1.29, 1.82) is 0 Å². The van der Waals surface area contributed by atoms with Gasteiger partial charge in [-0.3, -0.25) is 14.9 Å². The van der Waals surface area contributed by atoms with Gasteiger partial charge in [-0.25, -0.2) is 4.98 Å². The highest BCUT2D eigenvalue weighted by Crippen LogP contribution is 2.18. The molecular weight excluding hydrogens is 234 g/mol. The molecule has 0 spiro atoms. The van der Waals surface area contributed by atoms with Crippen molar-refractivity contribution in [3.63, 3.8) is 0 Å². The lowest BCUT2D eigenvalue weighted by molar-refractivity contribution is -0.384. The van der Waals surface area contributed by atoms with E-state index in [2.05, 4.69) is 9.97 Å². The van der Waals surface area contributed by atoms with Crippen LogP contribution >= 0.6 is 0 Å². The molecule has 2 rings (SSSR count). The summed E-state index contributed by atoms with van der Waals surface area (Å²) in [6.07, 6.45) is 0. The predicted molar refractivity (Wildman–Crippen MR) is 66.4 cm³/mol. The van der Waals surface area contributed by atoms with Gasteiger partial charge < -0.3 is 4.98 Å². The molecule has 92 valence electrons. The number of nitro benzene ring substituents is 1. The maximum absolute atomic E-state index is 11.6. The molecule has 0 aliphatic carbocycles. The molecule has 0 unspecified atom stereocenters. The van der Waals surface area contributed by atoms with E-state index in [-0.39, 0.29) is 11.2 Å². The van der Waals surface area contributed by atoms with Gasteiger partial charge in [-0.2, -0.15) is 0 Å². The monoisotopic (exact) mass is 245 g/mol. The van der Waals surface area contributed by atoms with E-state index in [1.54, 1.807) is 26.0 Å². The molecular formula is C12H11N3O3. The molecule has 0 atom stereocenters. The van der Waals surface area contributed by atoms with Gasteiger partial charge in [-0.1, -0.05) is 0 Å². The van der Waals surface area contributed by atoms with Crippen molar-refractivity contribution in [1.82, 2.24) is 9.97 Å². The third kappa shape index (κ3) is 2.13. The molecule has 18 heavy (non-hydrogen) atoms. The van der Waals surface area contributed by atoms with Crippen LogP contribution in [0.4, 0.5) is 5.69 Å². The molecule has 0 aliphatic heterocycles. The van der Waals surface area contributed by atoms with Gasteiger partial charge in [0.25, 0.3) is 11.2 Å². The number of non-ortho nitro benzene ring substituents is 1. The number of nitro groups is 1. The zero-order valence-electron chi connectivity index (χ0n) is 9.93. The maximum atomic E-state index is 11.6. The molecule has 1 N–H and O–H groups in total. The minimum Gasteiger partial charge on any atom is -0.306 e. The third-order valence-electron chi connectivity index (χ3n) is 2.75. The number of H-pyrrole nitrogens is 1. The Bertz CT molecular complexity index is 659. The summed E-state index contributed by atoms with van der Waals surface area (Å²) in [4.78, 5) is 28.6. The van der Waals surface area contributed by atoms with E-state index >= 15 is 0 Å². The van der Waals surface area contributed by atoms with Crippen LogP contribution in [0.2, 0.25) is 0 Å². The highest BCUT2D eigenvalue weighted by Gasteiger charge is 2.08. The van der Waals surface area contributed by atoms with Gasteiger partial charge in [0.1, 0.15) is 5.82 Å². The van der Waals surface area contributed by atoms with Gasteiger partial charge in [0.2, 0.25) is 0 Å². The van der Waals surface area contributed by atoms with Crippen molar-refractivity contribution >= 4 is 5.69 Å². The van der Waals surface area contributed by atoms with E-state index in [0.29, 0.717) is 22.6 Å². The van der Waals surface area contributed by atoms with Crippen LogP contribution in [0.1, 0.15) is 11.3 Å². The van der Waals surface area contributed by atoms with E-state index in [1.807, 2.05) is 0 Å². The topological polar surface area (TPSA) is 88.9 Å². The average molecular weight is 245 g/mol. The van der Waals surface area contributed by atoms with Crippen LogP contribution in [0, 0.1) is 24.0 Å². The van der Waals surface area contributed by atoms with E-state index in [4.69, 9.17) is 0 Å². The Morgan fingerprint density at radius 1 is 1.22 bits per heavy atom. The SMILES string of the molecule is Cc1nc(-c2ccc([N+](=O)[O-])cc2)[nH]c(=O)c1C. The molecule has 1 aromatic carbocycles. The molecule has 6 heteroatoms. The number of aryl methyl sites for hydroxylation is 1. The van der Waals surface area contributed by atoms with Crippen LogP contribution < -0.4 is 5.56 Å². The molecule has 0 amide bonds. The average Bonchev–Trinajstić information content (AvgIpc) is 2.35. The number of aromatic nitrogens is 2. The van der Waals surface area contributed by atoms with E-state index < -0.39 is 4.92 Å².